The molecule has 4 nitrogen and oxygen atoms in total. The molecule has 0 bridgehead atoms. The molecule has 0 spiro atoms. The highest BCUT2D eigenvalue weighted by Gasteiger charge is 2.13. The van der Waals surface area contributed by atoms with Gasteiger partial charge in [-0.1, -0.05) is 11.6 Å². The van der Waals surface area contributed by atoms with E-state index in [1.54, 1.807) is 24.5 Å². The van der Waals surface area contributed by atoms with Crippen LogP contribution in [0.4, 0.5) is 0 Å². The van der Waals surface area contributed by atoms with Gasteiger partial charge in [0.2, 0.25) is 11.7 Å². The Bertz CT molecular complexity index is 705. The van der Waals surface area contributed by atoms with Crippen molar-refractivity contribution in [2.75, 3.05) is 0 Å². The second-order valence-electron chi connectivity index (χ2n) is 3.71. The minimum Gasteiger partial charge on any atom is -0.618 e. The Morgan fingerprint density at radius 3 is 3.06 bits per heavy atom. The Morgan fingerprint density at radius 1 is 1.44 bits per heavy atom. The van der Waals surface area contributed by atoms with E-state index >= 15 is 0 Å². The van der Waals surface area contributed by atoms with Gasteiger partial charge >= 0.3 is 0 Å². The molecule has 2 aromatic heterocycles. The number of rotatable bonds is 0. The lowest BCUT2D eigenvalue weighted by Gasteiger charge is -2.04. The number of fused-ring (bicyclic) bond motifs is 3. The van der Waals surface area contributed by atoms with Crippen molar-refractivity contribution in [1.82, 2.24) is 9.55 Å². The van der Waals surface area contributed by atoms with Crippen molar-refractivity contribution in [1.29, 1.82) is 0 Å². The van der Waals surface area contributed by atoms with Gasteiger partial charge in [-0.2, -0.15) is 4.73 Å². The Balaban J connectivity index is 2.64. The summed E-state index contributed by atoms with van der Waals surface area (Å²) in [5, 5.41) is 13.2. The van der Waals surface area contributed by atoms with E-state index in [9.17, 15) is 5.21 Å². The Morgan fingerprint density at radius 2 is 2.25 bits per heavy atom. The van der Waals surface area contributed by atoms with Gasteiger partial charge in [-0.05, 0) is 12.1 Å². The molecule has 0 saturated heterocycles. The van der Waals surface area contributed by atoms with Gasteiger partial charge in [0.1, 0.15) is 0 Å². The molecular weight excluding hydrogens is 226 g/mol. The van der Waals surface area contributed by atoms with E-state index in [1.165, 1.54) is 6.20 Å². The summed E-state index contributed by atoms with van der Waals surface area (Å²) in [6.07, 6.45) is 3.16. The van der Waals surface area contributed by atoms with Gasteiger partial charge in [0.25, 0.3) is 0 Å². The first-order valence-corrected chi connectivity index (χ1v) is 5.17. The van der Waals surface area contributed by atoms with E-state index in [2.05, 4.69) is 4.98 Å². The predicted molar refractivity (Wildman–Crippen MR) is 62.2 cm³/mol. The van der Waals surface area contributed by atoms with Crippen molar-refractivity contribution in [3.05, 3.63) is 41.0 Å². The van der Waals surface area contributed by atoms with Crippen LogP contribution in [0.2, 0.25) is 5.02 Å². The Hall–Kier alpha value is -1.81. The molecule has 0 unspecified atom stereocenters. The molecule has 0 aliphatic rings. The topological polar surface area (TPSA) is 44.8 Å². The maximum absolute atomic E-state index is 11.7. The number of aryl methyl sites for hydroxylation is 1. The first kappa shape index (κ1) is 9.42. The number of hydrogen-bond acceptors (Lipinski definition) is 2. The van der Waals surface area contributed by atoms with Crippen molar-refractivity contribution in [2.24, 2.45) is 7.05 Å². The van der Waals surface area contributed by atoms with Gasteiger partial charge in [-0.3, -0.25) is 0 Å². The average molecular weight is 234 g/mol. The molecule has 1 aromatic carbocycles. The lowest BCUT2D eigenvalue weighted by molar-refractivity contribution is -0.575. The van der Waals surface area contributed by atoms with Gasteiger partial charge in [-0.15, -0.1) is 0 Å². The minimum absolute atomic E-state index is 0.598. The fourth-order valence-corrected chi connectivity index (χ4v) is 2.11. The molecule has 5 heteroatoms. The summed E-state index contributed by atoms with van der Waals surface area (Å²) in [7, 11) is 1.89. The first-order valence-electron chi connectivity index (χ1n) is 4.79. The summed E-state index contributed by atoms with van der Waals surface area (Å²) in [5.41, 5.74) is 2.19. The predicted octanol–water partition coefficient (Wildman–Crippen LogP) is 2.01. The zero-order valence-corrected chi connectivity index (χ0v) is 9.27. The molecule has 0 aliphatic carbocycles. The molecule has 3 rings (SSSR count). The van der Waals surface area contributed by atoms with E-state index in [1.807, 2.05) is 11.6 Å². The smallest absolute Gasteiger partial charge is 0.226 e. The van der Waals surface area contributed by atoms with Crippen LogP contribution in [0, 0.1) is 5.21 Å². The van der Waals surface area contributed by atoms with Crippen molar-refractivity contribution in [2.45, 2.75) is 0 Å². The van der Waals surface area contributed by atoms with Crippen LogP contribution in [0.15, 0.2) is 30.7 Å². The largest absolute Gasteiger partial charge is 0.618 e. The van der Waals surface area contributed by atoms with Crippen LogP contribution in [0.3, 0.4) is 0 Å². The quantitative estimate of drug-likeness (QED) is 0.440. The molecule has 0 amide bonds. The molecular formula is C11H8ClN3O. The van der Waals surface area contributed by atoms with Crippen LogP contribution in [0.1, 0.15) is 0 Å². The van der Waals surface area contributed by atoms with Gasteiger partial charge in [0.05, 0.1) is 17.2 Å². The monoisotopic (exact) mass is 233 g/mol. The van der Waals surface area contributed by atoms with Crippen LogP contribution < -0.4 is 4.73 Å². The third kappa shape index (κ3) is 1.17. The molecule has 0 atom stereocenters. The SMILES string of the molecule is Cn1cnc2c[n+]([O-])c3ccc(Cl)cc3c21. The highest BCUT2D eigenvalue weighted by molar-refractivity contribution is 6.31. The minimum atomic E-state index is 0.598. The van der Waals surface area contributed by atoms with Crippen LogP contribution in [-0.4, -0.2) is 9.55 Å². The highest BCUT2D eigenvalue weighted by Crippen LogP contribution is 2.24. The lowest BCUT2D eigenvalue weighted by Crippen LogP contribution is -2.26. The van der Waals surface area contributed by atoms with E-state index in [0.29, 0.717) is 16.1 Å². The van der Waals surface area contributed by atoms with Gasteiger partial charge in [-0.25, -0.2) is 4.98 Å². The fourth-order valence-electron chi connectivity index (χ4n) is 1.94. The number of nitrogens with zero attached hydrogens (tertiary/aromatic N) is 3. The maximum Gasteiger partial charge on any atom is 0.226 e. The third-order valence-electron chi connectivity index (χ3n) is 2.66. The molecule has 0 saturated carbocycles. The molecule has 3 aromatic rings. The molecule has 2 heterocycles. The van der Waals surface area contributed by atoms with Crippen LogP contribution in [0.25, 0.3) is 21.9 Å². The van der Waals surface area contributed by atoms with Crippen LogP contribution in [0.5, 0.6) is 0 Å². The molecule has 0 aliphatic heterocycles. The van der Waals surface area contributed by atoms with E-state index in [0.717, 1.165) is 15.6 Å². The van der Waals surface area contributed by atoms with Gasteiger partial charge in [0, 0.05) is 18.1 Å². The summed E-state index contributed by atoms with van der Waals surface area (Å²) in [6, 6.07) is 5.22. The number of pyridine rings is 1. The van der Waals surface area contributed by atoms with Crippen molar-refractivity contribution >= 4 is 33.5 Å². The third-order valence-corrected chi connectivity index (χ3v) is 2.89. The van der Waals surface area contributed by atoms with Crippen molar-refractivity contribution in [3.63, 3.8) is 0 Å². The average Bonchev–Trinajstić information content (AvgIpc) is 2.60. The summed E-state index contributed by atoms with van der Waals surface area (Å²) in [4.78, 5) is 4.16. The molecule has 80 valence electrons. The van der Waals surface area contributed by atoms with E-state index < -0.39 is 0 Å². The summed E-state index contributed by atoms with van der Waals surface area (Å²) < 4.78 is 2.70. The van der Waals surface area contributed by atoms with Crippen molar-refractivity contribution < 1.29 is 4.73 Å². The normalized spacial score (nSPS) is 11.4. The molecule has 0 N–H and O–H groups in total. The second kappa shape index (κ2) is 3.09. The van der Waals surface area contributed by atoms with Crippen molar-refractivity contribution in [3.8, 4) is 0 Å². The number of imidazole rings is 1. The molecule has 0 radical (unpaired) electrons. The van der Waals surface area contributed by atoms with E-state index in [-0.39, 0.29) is 0 Å². The molecule has 0 fully saturated rings. The number of halogens is 1. The molecule has 16 heavy (non-hydrogen) atoms. The summed E-state index contributed by atoms with van der Waals surface area (Å²) in [5.74, 6) is 0. The second-order valence-corrected chi connectivity index (χ2v) is 4.14. The zero-order chi connectivity index (χ0) is 11.3. The standard InChI is InChI=1S/C11H8ClN3O/c1-14-6-13-9-5-15(16)10-3-2-7(12)4-8(10)11(9)14/h2-6H,1H3. The van der Waals surface area contributed by atoms with Crippen LogP contribution in [-0.2, 0) is 7.05 Å². The van der Waals surface area contributed by atoms with Crippen LogP contribution >= 0.6 is 11.6 Å². The number of hydrogen-bond donors (Lipinski definition) is 0. The lowest BCUT2D eigenvalue weighted by atomic mass is 10.2. The van der Waals surface area contributed by atoms with Gasteiger partial charge < -0.3 is 9.77 Å². The summed E-state index contributed by atoms with van der Waals surface area (Å²) >= 11 is 5.95. The first-order chi connectivity index (χ1) is 7.66. The summed E-state index contributed by atoms with van der Waals surface area (Å²) in [6.45, 7) is 0. The number of benzene rings is 1. The highest BCUT2D eigenvalue weighted by atomic mass is 35.5. The Kier molecular flexibility index (Phi) is 1.82. The van der Waals surface area contributed by atoms with Gasteiger partial charge in [0.15, 0.2) is 5.52 Å². The van der Waals surface area contributed by atoms with E-state index in [4.69, 9.17) is 11.6 Å². The zero-order valence-electron chi connectivity index (χ0n) is 8.51. The fraction of sp³-hybridized carbons (Fsp3) is 0.0909. The maximum atomic E-state index is 11.7. The Labute approximate surface area is 96.3 Å². The number of aromatic nitrogens is 3.